The van der Waals surface area contributed by atoms with E-state index in [1.165, 1.54) is 96.3 Å². The van der Waals surface area contributed by atoms with Gasteiger partial charge in [0.05, 0.1) is 0 Å². The van der Waals surface area contributed by atoms with Crippen molar-refractivity contribution in [3.8, 4) is 0 Å². The molecule has 1 atom stereocenters. The molecule has 0 bridgehead atoms. The number of carbonyl (C=O) groups is 3. The Labute approximate surface area is 406 Å². The molecule has 0 heterocycles. The zero-order chi connectivity index (χ0) is 47.9. The minimum absolute atomic E-state index is 0.117. The first kappa shape index (κ1) is 62.1. The van der Waals surface area contributed by atoms with Gasteiger partial charge in [-0.3, -0.25) is 14.4 Å². The van der Waals surface area contributed by atoms with Crippen LogP contribution in [0, 0.1) is 0 Å². The fourth-order valence-corrected chi connectivity index (χ4v) is 7.00. The van der Waals surface area contributed by atoms with Crippen molar-refractivity contribution in [3.05, 3.63) is 109 Å². The monoisotopic (exact) mass is 915 g/mol. The van der Waals surface area contributed by atoms with Crippen LogP contribution in [0.1, 0.15) is 233 Å². The van der Waals surface area contributed by atoms with Crippen LogP contribution in [0.2, 0.25) is 0 Å². The van der Waals surface area contributed by atoms with Crippen molar-refractivity contribution in [2.75, 3.05) is 13.2 Å². The van der Waals surface area contributed by atoms with E-state index < -0.39 is 6.10 Å². The van der Waals surface area contributed by atoms with E-state index in [0.717, 1.165) is 83.5 Å². The van der Waals surface area contributed by atoms with Crippen molar-refractivity contribution >= 4 is 17.9 Å². The molecule has 0 radical (unpaired) electrons. The van der Waals surface area contributed by atoms with Crippen LogP contribution in [0.25, 0.3) is 0 Å². The maximum absolute atomic E-state index is 12.8. The zero-order valence-corrected chi connectivity index (χ0v) is 42.7. The molecule has 0 aliphatic rings. The Morgan fingerprint density at radius 2 is 0.606 bits per heavy atom. The van der Waals surface area contributed by atoms with Crippen LogP contribution in [0.15, 0.2) is 109 Å². The van der Waals surface area contributed by atoms with Gasteiger partial charge in [-0.15, -0.1) is 0 Å². The van der Waals surface area contributed by atoms with Gasteiger partial charge in [0.2, 0.25) is 0 Å². The summed E-state index contributed by atoms with van der Waals surface area (Å²) in [6, 6.07) is 0. The van der Waals surface area contributed by atoms with Crippen molar-refractivity contribution in [1.82, 2.24) is 0 Å². The van der Waals surface area contributed by atoms with Crippen molar-refractivity contribution < 1.29 is 28.6 Å². The Hall–Kier alpha value is -3.93. The summed E-state index contributed by atoms with van der Waals surface area (Å²) in [7, 11) is 0. The summed E-state index contributed by atoms with van der Waals surface area (Å²) in [6.45, 7) is 6.40. The lowest BCUT2D eigenvalue weighted by Gasteiger charge is -2.18. The first-order valence-corrected chi connectivity index (χ1v) is 26.9. The van der Waals surface area contributed by atoms with Gasteiger partial charge in [-0.25, -0.2) is 0 Å². The average molecular weight is 915 g/mol. The minimum Gasteiger partial charge on any atom is -0.462 e. The third-order valence-electron chi connectivity index (χ3n) is 11.0. The molecule has 0 aromatic rings. The second-order valence-electron chi connectivity index (χ2n) is 17.4. The first-order valence-electron chi connectivity index (χ1n) is 26.9. The van der Waals surface area contributed by atoms with Gasteiger partial charge in [-0.05, 0) is 96.3 Å². The van der Waals surface area contributed by atoms with Crippen LogP contribution in [-0.2, 0) is 28.6 Å². The van der Waals surface area contributed by atoms with Gasteiger partial charge in [0, 0.05) is 19.3 Å². The molecule has 0 aromatic heterocycles. The molecule has 0 aliphatic carbocycles. The average Bonchev–Trinajstić information content (AvgIpc) is 3.31. The quantitative estimate of drug-likeness (QED) is 0.0262. The van der Waals surface area contributed by atoms with Crippen molar-refractivity contribution in [1.29, 1.82) is 0 Å². The van der Waals surface area contributed by atoms with Crippen molar-refractivity contribution in [2.45, 2.75) is 239 Å². The normalized spacial score (nSPS) is 13.0. The van der Waals surface area contributed by atoms with Gasteiger partial charge < -0.3 is 14.2 Å². The molecule has 374 valence electrons. The molecule has 0 amide bonds. The largest absolute Gasteiger partial charge is 0.462 e. The molecular weight excluding hydrogens is 817 g/mol. The van der Waals surface area contributed by atoms with E-state index in [0.29, 0.717) is 19.3 Å². The topological polar surface area (TPSA) is 78.9 Å². The Bertz CT molecular complexity index is 1370. The lowest BCUT2D eigenvalue weighted by molar-refractivity contribution is -0.167. The molecule has 0 unspecified atom stereocenters. The second-order valence-corrected chi connectivity index (χ2v) is 17.4. The molecule has 0 aromatic carbocycles. The molecular formula is C60H98O6. The van der Waals surface area contributed by atoms with E-state index >= 15 is 0 Å². The number of allylic oxidation sites excluding steroid dienone is 18. The Balaban J connectivity index is 4.57. The maximum atomic E-state index is 12.8. The SMILES string of the molecule is CC/C=C\C/C=C\C/C=C\C/C=C\C/C=C\CCCC(=O)OC[C@@H](COC(=O)CCCCCCCCCCCCCCCC)OC(=O)CCC/C=C\C/C=C\C/C=C\C/C=C\CCCCC. The highest BCUT2D eigenvalue weighted by Gasteiger charge is 2.19. The van der Waals surface area contributed by atoms with Crippen molar-refractivity contribution in [2.24, 2.45) is 0 Å². The molecule has 0 saturated heterocycles. The van der Waals surface area contributed by atoms with Gasteiger partial charge in [0.1, 0.15) is 13.2 Å². The van der Waals surface area contributed by atoms with E-state index in [1.807, 2.05) is 0 Å². The predicted molar refractivity (Wildman–Crippen MR) is 283 cm³/mol. The molecule has 0 N–H and O–H groups in total. The van der Waals surface area contributed by atoms with Crippen LogP contribution < -0.4 is 0 Å². The third kappa shape index (κ3) is 51.1. The zero-order valence-electron chi connectivity index (χ0n) is 42.7. The first-order chi connectivity index (χ1) is 32.5. The van der Waals surface area contributed by atoms with E-state index in [2.05, 4.69) is 130 Å². The van der Waals surface area contributed by atoms with Gasteiger partial charge in [0.15, 0.2) is 6.10 Å². The lowest BCUT2D eigenvalue weighted by atomic mass is 10.0. The molecule has 66 heavy (non-hydrogen) atoms. The summed E-state index contributed by atoms with van der Waals surface area (Å²) in [6.07, 6.45) is 72.2. The number of ether oxygens (including phenoxy) is 3. The molecule has 0 aliphatic heterocycles. The molecule has 6 nitrogen and oxygen atoms in total. The molecule has 0 spiro atoms. The summed E-state index contributed by atoms with van der Waals surface area (Å²) in [5, 5.41) is 0. The Morgan fingerprint density at radius 3 is 0.985 bits per heavy atom. The lowest BCUT2D eigenvalue weighted by Crippen LogP contribution is -2.30. The van der Waals surface area contributed by atoms with Crippen molar-refractivity contribution in [3.63, 3.8) is 0 Å². The van der Waals surface area contributed by atoms with Gasteiger partial charge >= 0.3 is 17.9 Å². The van der Waals surface area contributed by atoms with E-state index in [1.54, 1.807) is 0 Å². The van der Waals surface area contributed by atoms with Gasteiger partial charge in [-0.2, -0.15) is 0 Å². The second kappa shape index (κ2) is 53.7. The summed E-state index contributed by atoms with van der Waals surface area (Å²) in [5.74, 6) is -1.04. The van der Waals surface area contributed by atoms with Crippen LogP contribution in [-0.4, -0.2) is 37.2 Å². The number of carbonyl (C=O) groups excluding carboxylic acids is 3. The van der Waals surface area contributed by atoms with Crippen LogP contribution in [0.4, 0.5) is 0 Å². The highest BCUT2D eigenvalue weighted by atomic mass is 16.6. The van der Waals surface area contributed by atoms with E-state index in [9.17, 15) is 14.4 Å². The predicted octanol–water partition coefficient (Wildman–Crippen LogP) is 17.9. The summed E-state index contributed by atoms with van der Waals surface area (Å²) in [4.78, 5) is 38.0. The summed E-state index contributed by atoms with van der Waals surface area (Å²) in [5.41, 5.74) is 0. The Kier molecular flexibility index (Phi) is 50.5. The van der Waals surface area contributed by atoms with Gasteiger partial charge in [-0.1, -0.05) is 226 Å². The van der Waals surface area contributed by atoms with Crippen LogP contribution in [0.5, 0.6) is 0 Å². The standard InChI is InChI=1S/C60H98O6/c1-4-7-10-13-16-19-22-25-28-30-32-35-38-41-44-47-50-53-59(62)65-56-57(55-64-58(61)52-49-46-43-40-37-34-27-24-21-18-15-12-9-6-3)66-60(63)54-51-48-45-42-39-36-33-31-29-26-23-20-17-14-11-8-5-2/h7,10,16-17,19-20,25-26,28-29,32-33,35-36,41-42,44-45,57H,4-6,8-9,11-15,18,21-24,27,30-31,34,37-40,43,46-56H2,1-3H3/b10-7-,19-16-,20-17-,28-25-,29-26-,35-32-,36-33-,44-41-,45-42-/t57-/m1/s1. The third-order valence-corrected chi connectivity index (χ3v) is 11.0. The van der Waals surface area contributed by atoms with Crippen LogP contribution in [0.3, 0.4) is 0 Å². The number of rotatable bonds is 47. The Morgan fingerprint density at radius 1 is 0.318 bits per heavy atom. The number of hydrogen-bond donors (Lipinski definition) is 0. The summed E-state index contributed by atoms with van der Waals surface area (Å²) < 4.78 is 16.7. The molecule has 0 rings (SSSR count). The summed E-state index contributed by atoms with van der Waals surface area (Å²) >= 11 is 0. The van der Waals surface area contributed by atoms with E-state index in [4.69, 9.17) is 14.2 Å². The fourth-order valence-electron chi connectivity index (χ4n) is 7.00. The smallest absolute Gasteiger partial charge is 0.306 e. The highest BCUT2D eigenvalue weighted by molar-refractivity contribution is 5.71. The maximum Gasteiger partial charge on any atom is 0.306 e. The fraction of sp³-hybridized carbons (Fsp3) is 0.650. The number of hydrogen-bond acceptors (Lipinski definition) is 6. The minimum atomic E-state index is -0.829. The highest BCUT2D eigenvalue weighted by Crippen LogP contribution is 2.14. The van der Waals surface area contributed by atoms with E-state index in [-0.39, 0.29) is 44.0 Å². The number of esters is 3. The van der Waals surface area contributed by atoms with Crippen LogP contribution >= 0.6 is 0 Å². The molecule has 0 saturated carbocycles. The number of unbranched alkanes of at least 4 members (excludes halogenated alkanes) is 18. The molecule has 0 fully saturated rings. The van der Waals surface area contributed by atoms with Gasteiger partial charge in [0.25, 0.3) is 0 Å². The molecule has 6 heteroatoms.